The molecule has 3 aromatic heterocycles. The van der Waals surface area contributed by atoms with Gasteiger partial charge >= 0.3 is 0 Å². The lowest BCUT2D eigenvalue weighted by molar-refractivity contribution is 0.0578. The molecule has 0 saturated carbocycles. The van der Waals surface area contributed by atoms with E-state index in [1.165, 1.54) is 0 Å². The van der Waals surface area contributed by atoms with Gasteiger partial charge in [-0.1, -0.05) is 25.4 Å². The van der Waals surface area contributed by atoms with Crippen LogP contribution in [0.1, 0.15) is 60.1 Å². The van der Waals surface area contributed by atoms with Gasteiger partial charge in [-0.25, -0.2) is 4.98 Å². The fraction of sp³-hybridized carbons (Fsp3) is 0.467. The van der Waals surface area contributed by atoms with Crippen LogP contribution in [-0.2, 0) is 6.54 Å². The Kier molecular flexibility index (Phi) is 8.56. The lowest BCUT2D eigenvalue weighted by atomic mass is 9.76. The van der Waals surface area contributed by atoms with Crippen LogP contribution in [0.5, 0.6) is 0 Å². The summed E-state index contributed by atoms with van der Waals surface area (Å²) in [4.78, 5) is 13.8. The van der Waals surface area contributed by atoms with Crippen molar-refractivity contribution in [3.8, 4) is 0 Å². The smallest absolute Gasteiger partial charge is 0.229 e. The molecule has 0 amide bonds. The van der Waals surface area contributed by atoms with E-state index in [-0.39, 0.29) is 11.0 Å². The number of rotatable bonds is 12. The Morgan fingerprint density at radius 3 is 2.55 bits per heavy atom. The first-order valence-corrected chi connectivity index (χ1v) is 14.0. The Hall–Kier alpha value is -3.43. The topological polar surface area (TPSA) is 113 Å². The number of halogens is 1. The molecule has 1 unspecified atom stereocenters. The Morgan fingerprint density at radius 2 is 1.82 bits per heavy atom. The number of hydrogen-bond acceptors (Lipinski definition) is 8. The molecule has 0 saturated heterocycles. The highest BCUT2D eigenvalue weighted by Crippen LogP contribution is 2.35. The summed E-state index contributed by atoms with van der Waals surface area (Å²) in [5, 5.41) is 26.7. The molecular weight excluding hydrogens is 524 g/mol. The molecule has 0 bridgehead atoms. The maximum atomic E-state index is 10.1. The van der Waals surface area contributed by atoms with Crippen molar-refractivity contribution in [1.29, 1.82) is 0 Å². The SMILES string of the molecule is CCC(C)(CNc1ccnc2cc(Cl)ccc12)CC(C)(C)Nc1cc(C)nc(Nc2cnn(CC(C)(C)O)c2)n1. The number of nitrogens with zero attached hydrogens (tertiary/aromatic N) is 5. The molecule has 0 aliphatic heterocycles. The number of fused-ring (bicyclic) bond motifs is 1. The van der Waals surface area contributed by atoms with Crippen LogP contribution in [0.15, 0.2) is 48.9 Å². The molecule has 4 N–H and O–H groups in total. The molecular formula is C30H41ClN8O. The number of aryl methyl sites for hydroxylation is 1. The monoisotopic (exact) mass is 564 g/mol. The summed E-state index contributed by atoms with van der Waals surface area (Å²) >= 11 is 6.17. The van der Waals surface area contributed by atoms with Gasteiger partial charge in [-0.15, -0.1) is 0 Å². The molecule has 10 heteroatoms. The van der Waals surface area contributed by atoms with Crippen LogP contribution in [0.3, 0.4) is 0 Å². The first-order chi connectivity index (χ1) is 18.7. The van der Waals surface area contributed by atoms with Crippen molar-refractivity contribution in [2.24, 2.45) is 5.41 Å². The summed E-state index contributed by atoms with van der Waals surface area (Å²) in [6.07, 6.45) is 7.27. The molecule has 4 aromatic rings. The van der Waals surface area contributed by atoms with Crippen molar-refractivity contribution in [3.63, 3.8) is 0 Å². The molecule has 0 spiro atoms. The molecule has 9 nitrogen and oxygen atoms in total. The third-order valence-corrected chi connectivity index (χ3v) is 7.13. The third kappa shape index (κ3) is 8.05. The Balaban J connectivity index is 1.44. The maximum absolute atomic E-state index is 10.1. The Morgan fingerprint density at radius 1 is 1.05 bits per heavy atom. The molecule has 4 rings (SSSR count). The number of aromatic nitrogens is 5. The summed E-state index contributed by atoms with van der Waals surface area (Å²) in [5.74, 6) is 1.25. The molecule has 40 heavy (non-hydrogen) atoms. The number of benzene rings is 1. The second-order valence-electron chi connectivity index (χ2n) is 12.3. The van der Waals surface area contributed by atoms with E-state index < -0.39 is 5.60 Å². The molecule has 3 heterocycles. The quantitative estimate of drug-likeness (QED) is 0.148. The van der Waals surface area contributed by atoms with Crippen molar-refractivity contribution in [1.82, 2.24) is 24.7 Å². The van der Waals surface area contributed by atoms with Crippen molar-refractivity contribution < 1.29 is 5.11 Å². The van der Waals surface area contributed by atoms with Crippen molar-refractivity contribution in [2.75, 3.05) is 22.5 Å². The summed E-state index contributed by atoms with van der Waals surface area (Å²) in [6.45, 7) is 15.6. The number of aliphatic hydroxyl groups is 1. The van der Waals surface area contributed by atoms with Crippen LogP contribution in [0.4, 0.5) is 23.1 Å². The minimum atomic E-state index is -0.852. The zero-order valence-corrected chi connectivity index (χ0v) is 25.3. The van der Waals surface area contributed by atoms with E-state index in [0.717, 1.165) is 53.2 Å². The van der Waals surface area contributed by atoms with Gasteiger partial charge in [0.05, 0.1) is 29.5 Å². The second kappa shape index (κ2) is 11.6. The van der Waals surface area contributed by atoms with Crippen LogP contribution in [0.25, 0.3) is 10.9 Å². The van der Waals surface area contributed by atoms with Gasteiger partial charge in [0.15, 0.2) is 0 Å². The zero-order valence-electron chi connectivity index (χ0n) is 24.5. The first-order valence-electron chi connectivity index (χ1n) is 13.7. The normalized spacial score (nSPS) is 13.7. The van der Waals surface area contributed by atoms with Gasteiger partial charge in [-0.2, -0.15) is 10.1 Å². The molecule has 0 aliphatic rings. The second-order valence-corrected chi connectivity index (χ2v) is 12.7. The molecule has 0 aliphatic carbocycles. The van der Waals surface area contributed by atoms with Crippen LogP contribution < -0.4 is 16.0 Å². The number of hydrogen-bond donors (Lipinski definition) is 4. The van der Waals surface area contributed by atoms with E-state index in [2.05, 4.69) is 58.7 Å². The van der Waals surface area contributed by atoms with Gasteiger partial charge in [0.2, 0.25) is 5.95 Å². The van der Waals surface area contributed by atoms with Crippen LogP contribution in [0, 0.1) is 12.3 Å². The van der Waals surface area contributed by atoms with Crippen LogP contribution >= 0.6 is 11.6 Å². The van der Waals surface area contributed by atoms with Crippen molar-refractivity contribution >= 4 is 45.6 Å². The standard InChI is InChI=1S/C30H41ClN8O/c1-8-30(7,18-33-24-11-12-32-25-14-21(31)9-10-23(24)25)17-28(3,4)38-26-13-20(2)35-27(37-26)36-22-15-34-39(16-22)19-29(5,6)40/h9-16,40H,8,17-19H2,1-7H3,(H,32,33)(H2,35,36,37,38). The van der Waals surface area contributed by atoms with Crippen molar-refractivity contribution in [2.45, 2.75) is 79.0 Å². The van der Waals surface area contributed by atoms with E-state index in [9.17, 15) is 5.11 Å². The van der Waals surface area contributed by atoms with Gasteiger partial charge in [0.1, 0.15) is 5.82 Å². The first kappa shape index (κ1) is 29.6. The number of pyridine rings is 1. The van der Waals surface area contributed by atoms with E-state index in [1.54, 1.807) is 24.7 Å². The highest BCUT2D eigenvalue weighted by atomic mass is 35.5. The zero-order chi connectivity index (χ0) is 29.1. The van der Waals surface area contributed by atoms with Gasteiger partial charge < -0.3 is 21.1 Å². The minimum absolute atomic E-state index is 0.0107. The lowest BCUT2D eigenvalue weighted by Crippen LogP contribution is -2.40. The molecule has 0 radical (unpaired) electrons. The summed E-state index contributed by atoms with van der Waals surface area (Å²) < 4.78 is 1.70. The van der Waals surface area contributed by atoms with Gasteiger partial charge in [-0.3, -0.25) is 9.67 Å². The number of anilines is 4. The van der Waals surface area contributed by atoms with Gasteiger partial charge in [0, 0.05) is 52.3 Å². The van der Waals surface area contributed by atoms with Crippen LogP contribution in [-0.4, -0.2) is 47.5 Å². The predicted molar refractivity (Wildman–Crippen MR) is 165 cm³/mol. The average Bonchev–Trinajstić information content (AvgIpc) is 3.26. The number of nitrogens with one attached hydrogen (secondary N) is 3. The summed E-state index contributed by atoms with van der Waals surface area (Å²) in [6, 6.07) is 9.78. The molecule has 214 valence electrons. The summed E-state index contributed by atoms with van der Waals surface area (Å²) in [7, 11) is 0. The predicted octanol–water partition coefficient (Wildman–Crippen LogP) is 6.81. The van der Waals surface area contributed by atoms with E-state index in [1.807, 2.05) is 49.6 Å². The molecule has 0 fully saturated rings. The Bertz CT molecular complexity index is 1460. The fourth-order valence-electron chi connectivity index (χ4n) is 5.08. The average molecular weight is 565 g/mol. The molecule has 1 atom stereocenters. The van der Waals surface area contributed by atoms with E-state index >= 15 is 0 Å². The third-order valence-electron chi connectivity index (χ3n) is 6.89. The van der Waals surface area contributed by atoms with Gasteiger partial charge in [-0.05, 0) is 77.1 Å². The largest absolute Gasteiger partial charge is 0.389 e. The Labute approximate surface area is 241 Å². The fourth-order valence-corrected chi connectivity index (χ4v) is 5.25. The maximum Gasteiger partial charge on any atom is 0.229 e. The highest BCUT2D eigenvalue weighted by Gasteiger charge is 2.32. The summed E-state index contributed by atoms with van der Waals surface area (Å²) in [5.41, 5.74) is 2.47. The highest BCUT2D eigenvalue weighted by molar-refractivity contribution is 6.31. The van der Waals surface area contributed by atoms with E-state index in [0.29, 0.717) is 17.5 Å². The van der Waals surface area contributed by atoms with Crippen LogP contribution in [0.2, 0.25) is 5.02 Å². The van der Waals surface area contributed by atoms with E-state index in [4.69, 9.17) is 16.6 Å². The lowest BCUT2D eigenvalue weighted by Gasteiger charge is -2.38. The minimum Gasteiger partial charge on any atom is -0.389 e. The van der Waals surface area contributed by atoms with Gasteiger partial charge in [0.25, 0.3) is 0 Å². The molecule has 1 aromatic carbocycles. The van der Waals surface area contributed by atoms with Crippen molar-refractivity contribution in [3.05, 3.63) is 59.6 Å².